The summed E-state index contributed by atoms with van der Waals surface area (Å²) in [6.07, 6.45) is 2.28. The second-order valence-electron chi connectivity index (χ2n) is 10.4. The molecular formula is C27H26F2N6O2. The van der Waals surface area contributed by atoms with Gasteiger partial charge in [-0.05, 0) is 60.1 Å². The number of aliphatic hydroxyl groups excluding tert-OH is 2. The lowest BCUT2D eigenvalue weighted by Crippen LogP contribution is -2.37. The lowest BCUT2D eigenvalue weighted by atomic mass is 9.66. The zero-order chi connectivity index (χ0) is 25.9. The molecule has 0 aliphatic heterocycles. The van der Waals surface area contributed by atoms with Gasteiger partial charge in [0.15, 0.2) is 5.82 Å². The Hall–Kier alpha value is -3.63. The maximum absolute atomic E-state index is 14.5. The van der Waals surface area contributed by atoms with E-state index in [-0.39, 0.29) is 35.7 Å². The molecule has 0 spiro atoms. The highest BCUT2D eigenvalue weighted by molar-refractivity contribution is 5.64. The summed E-state index contributed by atoms with van der Waals surface area (Å²) in [7, 11) is 0. The molecule has 0 radical (unpaired) electrons. The average Bonchev–Trinajstić information content (AvgIpc) is 3.51. The van der Waals surface area contributed by atoms with Gasteiger partial charge in [0.05, 0.1) is 47.3 Å². The van der Waals surface area contributed by atoms with Crippen molar-refractivity contribution in [2.45, 2.75) is 50.7 Å². The molecule has 2 N–H and O–H groups in total. The normalized spacial score (nSPS) is 22.3. The quantitative estimate of drug-likeness (QED) is 0.413. The third-order valence-electron chi connectivity index (χ3n) is 8.16. The van der Waals surface area contributed by atoms with E-state index in [1.807, 2.05) is 18.2 Å². The number of hydrogen-bond donors (Lipinski definition) is 2. The van der Waals surface area contributed by atoms with E-state index in [4.69, 9.17) is 10.1 Å². The van der Waals surface area contributed by atoms with Crippen LogP contribution in [0.2, 0.25) is 0 Å². The summed E-state index contributed by atoms with van der Waals surface area (Å²) in [6.45, 7) is 4.13. The molecule has 1 aromatic carbocycles. The number of aliphatic hydroxyl groups is 2. The van der Waals surface area contributed by atoms with E-state index in [1.54, 1.807) is 6.07 Å². The first kappa shape index (κ1) is 23.7. The van der Waals surface area contributed by atoms with Gasteiger partial charge in [-0.3, -0.25) is 0 Å². The van der Waals surface area contributed by atoms with Crippen molar-refractivity contribution in [3.63, 3.8) is 0 Å². The van der Waals surface area contributed by atoms with Crippen molar-refractivity contribution in [2.24, 2.45) is 5.41 Å². The SMILES string of the molecule is CC1(C)[C@H]2CC[C@]1(c1cccc(-c3ncn(C[C@@H](O)CO)n3)n1)c1nnc(-c3c(F)cccc3F)cc12. The molecule has 0 unspecified atom stereocenters. The summed E-state index contributed by atoms with van der Waals surface area (Å²) >= 11 is 0. The van der Waals surface area contributed by atoms with E-state index < -0.39 is 23.2 Å². The van der Waals surface area contributed by atoms with Crippen LogP contribution >= 0.6 is 0 Å². The fourth-order valence-electron chi connectivity index (χ4n) is 6.33. The first-order valence-electron chi connectivity index (χ1n) is 12.2. The zero-order valence-corrected chi connectivity index (χ0v) is 20.4. The molecule has 10 heteroatoms. The van der Waals surface area contributed by atoms with Crippen molar-refractivity contribution >= 4 is 0 Å². The van der Waals surface area contributed by atoms with E-state index in [9.17, 15) is 13.9 Å². The Labute approximate surface area is 212 Å². The molecule has 3 heterocycles. The standard InChI is InChI=1S/C27H26F2N6O2/c1-26(2)17-9-10-27(26,24-16(17)11-21(32-33-24)23-18(28)5-3-6-19(23)29)22-8-4-7-20(31-22)25-30-14-35(34-25)12-15(37)13-36/h3-8,11,14-15,17,36-37H,9-10,12-13H2,1-2H3/t15-,17+,27+/m1/s1. The molecule has 2 aliphatic carbocycles. The van der Waals surface area contributed by atoms with Crippen molar-refractivity contribution in [2.75, 3.05) is 6.61 Å². The van der Waals surface area contributed by atoms with Gasteiger partial charge in [-0.25, -0.2) is 23.4 Å². The van der Waals surface area contributed by atoms with Crippen LogP contribution in [-0.4, -0.2) is 52.9 Å². The second-order valence-corrected chi connectivity index (χ2v) is 10.4. The first-order chi connectivity index (χ1) is 17.8. The van der Waals surface area contributed by atoms with Gasteiger partial charge in [0.25, 0.3) is 0 Å². The zero-order valence-electron chi connectivity index (χ0n) is 20.4. The van der Waals surface area contributed by atoms with Crippen LogP contribution in [0.15, 0.2) is 48.8 Å². The number of nitrogens with zero attached hydrogens (tertiary/aromatic N) is 6. The molecule has 1 saturated carbocycles. The Morgan fingerprint density at radius 2 is 1.84 bits per heavy atom. The molecule has 3 aromatic heterocycles. The van der Waals surface area contributed by atoms with Gasteiger partial charge in [-0.2, -0.15) is 5.10 Å². The van der Waals surface area contributed by atoms with Crippen LogP contribution in [0.5, 0.6) is 0 Å². The number of aromatic nitrogens is 6. The average molecular weight is 505 g/mol. The topological polar surface area (TPSA) is 110 Å². The molecule has 4 aromatic rings. The number of fused-ring (bicyclic) bond motifs is 5. The lowest BCUT2D eigenvalue weighted by molar-refractivity contribution is 0.0782. The summed E-state index contributed by atoms with van der Waals surface area (Å²) < 4.78 is 30.5. The van der Waals surface area contributed by atoms with Crippen LogP contribution in [0, 0.1) is 17.0 Å². The van der Waals surface area contributed by atoms with Crippen molar-refractivity contribution in [3.05, 3.63) is 77.4 Å². The Morgan fingerprint density at radius 1 is 1.08 bits per heavy atom. The molecule has 8 nitrogen and oxygen atoms in total. The molecule has 0 saturated heterocycles. The Balaban J connectivity index is 1.43. The van der Waals surface area contributed by atoms with Crippen LogP contribution in [0.1, 0.15) is 49.6 Å². The molecule has 0 amide bonds. The number of halogens is 2. The molecule has 37 heavy (non-hydrogen) atoms. The molecule has 6 rings (SSSR count). The van der Waals surface area contributed by atoms with E-state index >= 15 is 0 Å². The summed E-state index contributed by atoms with van der Waals surface area (Å²) in [5.74, 6) is -0.793. The van der Waals surface area contributed by atoms with Crippen LogP contribution in [0.25, 0.3) is 22.8 Å². The highest BCUT2D eigenvalue weighted by Gasteiger charge is 2.65. The number of rotatable bonds is 6. The molecular weight excluding hydrogens is 478 g/mol. The fourth-order valence-corrected chi connectivity index (χ4v) is 6.33. The summed E-state index contributed by atoms with van der Waals surface area (Å²) in [4.78, 5) is 9.31. The predicted octanol–water partition coefficient (Wildman–Crippen LogP) is 3.63. The maximum atomic E-state index is 14.5. The number of benzene rings is 1. The lowest BCUT2D eigenvalue weighted by Gasteiger charge is -2.37. The largest absolute Gasteiger partial charge is 0.394 e. The van der Waals surface area contributed by atoms with Crippen molar-refractivity contribution in [3.8, 4) is 22.8 Å². The first-order valence-corrected chi connectivity index (χ1v) is 12.2. The van der Waals surface area contributed by atoms with Gasteiger partial charge in [0, 0.05) is 0 Å². The second kappa shape index (κ2) is 8.46. The van der Waals surface area contributed by atoms with Crippen LogP contribution in [-0.2, 0) is 12.0 Å². The van der Waals surface area contributed by atoms with E-state index in [0.29, 0.717) is 11.5 Å². The van der Waals surface area contributed by atoms with Gasteiger partial charge in [0.2, 0.25) is 0 Å². The minimum absolute atomic E-state index is 0.121. The fraction of sp³-hybridized carbons (Fsp3) is 0.370. The van der Waals surface area contributed by atoms with Crippen LogP contribution in [0.4, 0.5) is 8.78 Å². The number of hydrogen-bond acceptors (Lipinski definition) is 7. The van der Waals surface area contributed by atoms with Gasteiger partial charge in [-0.1, -0.05) is 26.0 Å². The third kappa shape index (κ3) is 3.42. The Bertz CT molecular complexity index is 1490. The summed E-state index contributed by atoms with van der Waals surface area (Å²) in [5, 5.41) is 32.1. The van der Waals surface area contributed by atoms with E-state index in [0.717, 1.165) is 29.8 Å². The molecule has 190 valence electrons. The van der Waals surface area contributed by atoms with Gasteiger partial charge < -0.3 is 10.2 Å². The minimum atomic E-state index is -0.930. The third-order valence-corrected chi connectivity index (χ3v) is 8.16. The van der Waals surface area contributed by atoms with Crippen LogP contribution in [0.3, 0.4) is 0 Å². The Morgan fingerprint density at radius 3 is 2.59 bits per heavy atom. The van der Waals surface area contributed by atoms with E-state index in [2.05, 4.69) is 34.1 Å². The van der Waals surface area contributed by atoms with Crippen molar-refractivity contribution in [1.82, 2.24) is 29.9 Å². The van der Waals surface area contributed by atoms with Gasteiger partial charge in [-0.15, -0.1) is 10.2 Å². The summed E-state index contributed by atoms with van der Waals surface area (Å²) in [6, 6.07) is 11.3. The van der Waals surface area contributed by atoms with Gasteiger partial charge in [0.1, 0.15) is 23.7 Å². The van der Waals surface area contributed by atoms with Gasteiger partial charge >= 0.3 is 0 Å². The maximum Gasteiger partial charge on any atom is 0.199 e. The Kier molecular flexibility index (Phi) is 5.43. The highest BCUT2D eigenvalue weighted by Crippen LogP contribution is 2.69. The van der Waals surface area contributed by atoms with Crippen LogP contribution < -0.4 is 0 Å². The molecule has 2 aliphatic rings. The molecule has 1 fully saturated rings. The summed E-state index contributed by atoms with van der Waals surface area (Å²) in [5.41, 5.74) is 2.38. The number of pyridine rings is 1. The highest BCUT2D eigenvalue weighted by atomic mass is 19.1. The predicted molar refractivity (Wildman–Crippen MR) is 130 cm³/mol. The van der Waals surface area contributed by atoms with E-state index in [1.165, 1.54) is 29.2 Å². The van der Waals surface area contributed by atoms with Crippen molar-refractivity contribution in [1.29, 1.82) is 0 Å². The minimum Gasteiger partial charge on any atom is -0.394 e. The van der Waals surface area contributed by atoms with Crippen molar-refractivity contribution < 1.29 is 19.0 Å². The smallest absolute Gasteiger partial charge is 0.199 e. The molecule has 3 atom stereocenters. The molecule has 2 bridgehead atoms. The monoisotopic (exact) mass is 504 g/mol.